The van der Waals surface area contributed by atoms with E-state index in [4.69, 9.17) is 0 Å². The van der Waals surface area contributed by atoms with Crippen LogP contribution in [0.25, 0.3) is 5.69 Å². The third-order valence-electron chi connectivity index (χ3n) is 2.72. The monoisotopic (exact) mass is 201 g/mol. The summed E-state index contributed by atoms with van der Waals surface area (Å²) in [6.45, 7) is 2.11. The molecule has 0 aromatic carbocycles. The van der Waals surface area contributed by atoms with Crippen molar-refractivity contribution in [2.75, 3.05) is 0 Å². The normalized spacial score (nSPS) is 13.4. The first-order chi connectivity index (χ1) is 7.38. The lowest BCUT2D eigenvalue weighted by atomic mass is 10.1. The van der Waals surface area contributed by atoms with Crippen LogP contribution in [0.5, 0.6) is 0 Å². The summed E-state index contributed by atoms with van der Waals surface area (Å²) in [6.07, 6.45) is 2.78. The average Bonchev–Trinajstić information content (AvgIpc) is 2.76. The van der Waals surface area contributed by atoms with E-state index in [0.29, 0.717) is 0 Å². The molecule has 0 aliphatic carbocycles. The van der Waals surface area contributed by atoms with E-state index in [0.717, 1.165) is 42.2 Å². The summed E-state index contributed by atoms with van der Waals surface area (Å²) >= 11 is 0. The molecule has 0 amide bonds. The first kappa shape index (κ1) is 8.52. The smallest absolute Gasteiger partial charge is 0.157 e. The standard InChI is InChI=1S/C10H11N5/c1-2-7-3-5-9-8(11-7)4-6-10-12-13-14-15(9)10/h3,5H,2,4,6H2,1H3. The van der Waals surface area contributed by atoms with Crippen LogP contribution in [0.3, 0.4) is 0 Å². The Morgan fingerprint density at radius 3 is 3.13 bits per heavy atom. The Morgan fingerprint density at radius 2 is 2.27 bits per heavy atom. The highest BCUT2D eigenvalue weighted by molar-refractivity contribution is 5.40. The van der Waals surface area contributed by atoms with E-state index in [9.17, 15) is 0 Å². The van der Waals surface area contributed by atoms with E-state index in [1.54, 1.807) is 4.68 Å². The third kappa shape index (κ3) is 1.23. The highest BCUT2D eigenvalue weighted by Gasteiger charge is 2.19. The van der Waals surface area contributed by atoms with Crippen LogP contribution in [0.2, 0.25) is 0 Å². The number of pyridine rings is 1. The van der Waals surface area contributed by atoms with Crippen molar-refractivity contribution in [3.63, 3.8) is 0 Å². The fourth-order valence-electron chi connectivity index (χ4n) is 1.89. The summed E-state index contributed by atoms with van der Waals surface area (Å²) in [4.78, 5) is 4.59. The highest BCUT2D eigenvalue weighted by atomic mass is 15.5. The average molecular weight is 201 g/mol. The van der Waals surface area contributed by atoms with Crippen molar-refractivity contribution < 1.29 is 0 Å². The molecule has 3 rings (SSSR count). The van der Waals surface area contributed by atoms with E-state index in [1.807, 2.05) is 6.07 Å². The zero-order valence-corrected chi connectivity index (χ0v) is 8.51. The van der Waals surface area contributed by atoms with Crippen LogP contribution in [-0.2, 0) is 19.3 Å². The summed E-state index contributed by atoms with van der Waals surface area (Å²) in [6, 6.07) is 4.09. The first-order valence-electron chi connectivity index (χ1n) is 5.15. The Morgan fingerprint density at radius 1 is 1.33 bits per heavy atom. The van der Waals surface area contributed by atoms with Gasteiger partial charge in [-0.25, -0.2) is 0 Å². The number of hydrogen-bond acceptors (Lipinski definition) is 4. The van der Waals surface area contributed by atoms with E-state index >= 15 is 0 Å². The molecule has 0 radical (unpaired) electrons. The van der Waals surface area contributed by atoms with Gasteiger partial charge in [0.1, 0.15) is 0 Å². The Balaban J connectivity index is 2.18. The van der Waals surface area contributed by atoms with Crippen LogP contribution in [0.1, 0.15) is 24.1 Å². The van der Waals surface area contributed by atoms with Crippen LogP contribution in [0, 0.1) is 0 Å². The molecule has 0 saturated heterocycles. The van der Waals surface area contributed by atoms with Crippen LogP contribution in [0.15, 0.2) is 12.1 Å². The van der Waals surface area contributed by atoms with Crippen LogP contribution in [-0.4, -0.2) is 25.2 Å². The van der Waals surface area contributed by atoms with Gasteiger partial charge < -0.3 is 0 Å². The second kappa shape index (κ2) is 3.12. The van der Waals surface area contributed by atoms with Gasteiger partial charge in [-0.15, -0.1) is 5.10 Å². The summed E-state index contributed by atoms with van der Waals surface area (Å²) < 4.78 is 1.78. The van der Waals surface area contributed by atoms with Gasteiger partial charge in [0.2, 0.25) is 0 Å². The Kier molecular flexibility index (Phi) is 1.77. The number of nitrogens with zero attached hydrogens (tertiary/aromatic N) is 5. The maximum absolute atomic E-state index is 4.59. The number of rotatable bonds is 1. The number of aromatic nitrogens is 5. The largest absolute Gasteiger partial charge is 0.256 e. The van der Waals surface area contributed by atoms with Crippen LogP contribution >= 0.6 is 0 Å². The minimum Gasteiger partial charge on any atom is -0.256 e. The van der Waals surface area contributed by atoms with Gasteiger partial charge in [-0.3, -0.25) is 4.98 Å². The Hall–Kier alpha value is -1.78. The third-order valence-corrected chi connectivity index (χ3v) is 2.72. The van der Waals surface area contributed by atoms with Gasteiger partial charge in [0.05, 0.1) is 11.4 Å². The molecule has 0 unspecified atom stereocenters. The summed E-state index contributed by atoms with van der Waals surface area (Å²) in [5.41, 5.74) is 3.26. The van der Waals surface area contributed by atoms with Gasteiger partial charge in [0.15, 0.2) is 5.82 Å². The molecule has 5 heteroatoms. The molecule has 0 fully saturated rings. The van der Waals surface area contributed by atoms with Gasteiger partial charge >= 0.3 is 0 Å². The predicted molar refractivity (Wildman–Crippen MR) is 53.7 cm³/mol. The molecule has 76 valence electrons. The lowest BCUT2D eigenvalue weighted by Gasteiger charge is -2.15. The number of fused-ring (bicyclic) bond motifs is 3. The SMILES string of the molecule is CCc1ccc2c(n1)CCc1nnnn1-2. The maximum Gasteiger partial charge on any atom is 0.157 e. The van der Waals surface area contributed by atoms with Crippen molar-refractivity contribution in [2.24, 2.45) is 0 Å². The van der Waals surface area contributed by atoms with Crippen molar-refractivity contribution in [3.8, 4) is 5.69 Å². The molecule has 0 bridgehead atoms. The van der Waals surface area contributed by atoms with Gasteiger partial charge in [-0.1, -0.05) is 6.92 Å². The zero-order valence-electron chi connectivity index (χ0n) is 8.51. The molecular formula is C10H11N5. The molecule has 0 N–H and O–H groups in total. The van der Waals surface area contributed by atoms with Crippen molar-refractivity contribution in [3.05, 3.63) is 29.3 Å². The molecule has 2 aromatic heterocycles. The first-order valence-corrected chi connectivity index (χ1v) is 5.15. The lowest BCUT2D eigenvalue weighted by molar-refractivity contribution is 0.692. The second-order valence-electron chi connectivity index (χ2n) is 3.63. The van der Waals surface area contributed by atoms with E-state index in [2.05, 4.69) is 33.5 Å². The second-order valence-corrected chi connectivity index (χ2v) is 3.63. The number of aryl methyl sites for hydroxylation is 3. The minimum absolute atomic E-state index is 0.875. The van der Waals surface area contributed by atoms with Gasteiger partial charge in [0.25, 0.3) is 0 Å². The lowest BCUT2D eigenvalue weighted by Crippen LogP contribution is -2.15. The minimum atomic E-state index is 0.875. The van der Waals surface area contributed by atoms with Gasteiger partial charge in [-0.2, -0.15) is 4.68 Å². The van der Waals surface area contributed by atoms with Crippen molar-refractivity contribution in [1.82, 2.24) is 25.2 Å². The Labute approximate surface area is 87.1 Å². The molecule has 1 aliphatic rings. The molecule has 3 heterocycles. The van der Waals surface area contributed by atoms with Crippen LogP contribution < -0.4 is 0 Å². The maximum atomic E-state index is 4.59. The highest BCUT2D eigenvalue weighted by Crippen LogP contribution is 2.20. The van der Waals surface area contributed by atoms with Crippen LogP contribution in [0.4, 0.5) is 0 Å². The fourth-order valence-corrected chi connectivity index (χ4v) is 1.89. The number of tetrazole rings is 1. The Bertz CT molecular complexity index is 502. The fraction of sp³-hybridized carbons (Fsp3) is 0.400. The van der Waals surface area contributed by atoms with Gasteiger partial charge in [-0.05, 0) is 35.4 Å². The van der Waals surface area contributed by atoms with Crippen molar-refractivity contribution in [2.45, 2.75) is 26.2 Å². The summed E-state index contributed by atoms with van der Waals surface area (Å²) in [5.74, 6) is 0.925. The predicted octanol–water partition coefficient (Wildman–Crippen LogP) is 0.718. The van der Waals surface area contributed by atoms with E-state index in [-0.39, 0.29) is 0 Å². The quantitative estimate of drug-likeness (QED) is 0.682. The molecule has 0 atom stereocenters. The molecule has 1 aliphatic heterocycles. The summed E-state index contributed by atoms with van der Waals surface area (Å²) in [5, 5.41) is 11.6. The number of hydrogen-bond donors (Lipinski definition) is 0. The van der Waals surface area contributed by atoms with Crippen molar-refractivity contribution >= 4 is 0 Å². The molecule has 15 heavy (non-hydrogen) atoms. The van der Waals surface area contributed by atoms with E-state index in [1.165, 1.54) is 0 Å². The molecule has 2 aromatic rings. The topological polar surface area (TPSA) is 56.5 Å². The summed E-state index contributed by atoms with van der Waals surface area (Å²) in [7, 11) is 0. The van der Waals surface area contributed by atoms with Gasteiger partial charge in [0, 0.05) is 12.1 Å². The van der Waals surface area contributed by atoms with E-state index < -0.39 is 0 Å². The molecular weight excluding hydrogens is 190 g/mol. The molecule has 0 spiro atoms. The molecule has 0 saturated carbocycles. The zero-order chi connectivity index (χ0) is 10.3. The molecule has 5 nitrogen and oxygen atoms in total. The van der Waals surface area contributed by atoms with Crippen molar-refractivity contribution in [1.29, 1.82) is 0 Å².